The van der Waals surface area contributed by atoms with Crippen molar-refractivity contribution in [3.8, 4) is 17.2 Å². The van der Waals surface area contributed by atoms with Gasteiger partial charge in [0.15, 0.2) is 0 Å². The van der Waals surface area contributed by atoms with E-state index < -0.39 is 0 Å². The molecule has 160 valence electrons. The van der Waals surface area contributed by atoms with E-state index in [-0.39, 0.29) is 0 Å². The summed E-state index contributed by atoms with van der Waals surface area (Å²) in [6.07, 6.45) is 1.81. The maximum absolute atomic E-state index is 6.15. The first-order chi connectivity index (χ1) is 15.8. The Kier molecular flexibility index (Phi) is 7.17. The number of methoxy groups -OCH3 is 1. The molecule has 4 aromatic carbocycles. The zero-order chi connectivity index (χ0) is 22.0. The van der Waals surface area contributed by atoms with Crippen LogP contribution < -0.4 is 14.2 Å². The lowest BCUT2D eigenvalue weighted by Gasteiger charge is -2.12. The summed E-state index contributed by atoms with van der Waals surface area (Å²) in [5, 5.41) is 0. The second-order valence-electron chi connectivity index (χ2n) is 7.20. The summed E-state index contributed by atoms with van der Waals surface area (Å²) in [6.45, 7) is 0.963. The van der Waals surface area contributed by atoms with Crippen LogP contribution in [-0.2, 0) is 13.2 Å². The smallest absolute Gasteiger partial charge is 0.132 e. The Morgan fingerprint density at radius 1 is 0.656 bits per heavy atom. The highest BCUT2D eigenvalue weighted by molar-refractivity contribution is 5.85. The van der Waals surface area contributed by atoms with E-state index in [1.54, 1.807) is 7.11 Å². The van der Waals surface area contributed by atoms with Crippen LogP contribution in [0.3, 0.4) is 0 Å². The molecule has 0 spiro atoms. The number of ether oxygens (including phenoxy) is 3. The maximum Gasteiger partial charge on any atom is 0.132 e. The fraction of sp³-hybridized carbons (Fsp3) is 0.107. The number of nitrogens with zero attached hydrogens (tertiary/aromatic N) is 1. The molecule has 0 saturated carbocycles. The summed E-state index contributed by atoms with van der Waals surface area (Å²) >= 11 is 0. The zero-order valence-corrected chi connectivity index (χ0v) is 18.0. The third-order valence-corrected chi connectivity index (χ3v) is 4.90. The first-order valence-electron chi connectivity index (χ1n) is 10.5. The van der Waals surface area contributed by atoms with Crippen LogP contribution in [0.5, 0.6) is 17.2 Å². The van der Waals surface area contributed by atoms with Gasteiger partial charge in [0.2, 0.25) is 0 Å². The van der Waals surface area contributed by atoms with E-state index in [2.05, 4.69) is 4.99 Å². The molecule has 0 N–H and O–H groups in total. The molecule has 0 aliphatic heterocycles. The van der Waals surface area contributed by atoms with E-state index >= 15 is 0 Å². The number of hydrogen-bond acceptors (Lipinski definition) is 4. The molecule has 0 saturated heterocycles. The fourth-order valence-corrected chi connectivity index (χ4v) is 3.12. The predicted octanol–water partition coefficient (Wildman–Crippen LogP) is 6.60. The van der Waals surface area contributed by atoms with Crippen LogP contribution in [0.1, 0.15) is 16.7 Å². The van der Waals surface area contributed by atoms with E-state index in [1.807, 2.05) is 109 Å². The Morgan fingerprint density at radius 2 is 1.25 bits per heavy atom. The van der Waals surface area contributed by atoms with Gasteiger partial charge in [-0.15, -0.1) is 0 Å². The summed E-state index contributed by atoms with van der Waals surface area (Å²) in [4.78, 5) is 4.59. The Hall–Kier alpha value is -4.05. The summed E-state index contributed by atoms with van der Waals surface area (Å²) in [5.41, 5.74) is 3.93. The zero-order valence-electron chi connectivity index (χ0n) is 18.0. The molecule has 0 unspecified atom stereocenters. The Balaban J connectivity index is 1.53. The monoisotopic (exact) mass is 423 g/mol. The predicted molar refractivity (Wildman–Crippen MR) is 128 cm³/mol. The van der Waals surface area contributed by atoms with Crippen molar-refractivity contribution in [2.45, 2.75) is 13.2 Å². The van der Waals surface area contributed by atoms with E-state index in [1.165, 1.54) is 0 Å². The van der Waals surface area contributed by atoms with Gasteiger partial charge in [-0.2, -0.15) is 0 Å². The molecule has 4 rings (SSSR count). The van der Waals surface area contributed by atoms with E-state index in [4.69, 9.17) is 14.2 Å². The second kappa shape index (κ2) is 10.8. The minimum absolute atomic E-state index is 0.465. The van der Waals surface area contributed by atoms with E-state index in [9.17, 15) is 0 Å². The van der Waals surface area contributed by atoms with Crippen LogP contribution in [0.15, 0.2) is 108 Å². The fourth-order valence-electron chi connectivity index (χ4n) is 3.12. The van der Waals surface area contributed by atoms with Gasteiger partial charge in [0.25, 0.3) is 0 Å². The Labute approximate surface area is 188 Å². The van der Waals surface area contributed by atoms with Gasteiger partial charge in [-0.05, 0) is 47.5 Å². The number of aliphatic imine (C=N–C) groups is 1. The van der Waals surface area contributed by atoms with Gasteiger partial charge in [0, 0.05) is 17.8 Å². The lowest BCUT2D eigenvalue weighted by Crippen LogP contribution is -2.00. The van der Waals surface area contributed by atoms with Crippen LogP contribution in [0.25, 0.3) is 0 Å². The van der Waals surface area contributed by atoms with Gasteiger partial charge in [0.1, 0.15) is 30.5 Å². The van der Waals surface area contributed by atoms with Crippen molar-refractivity contribution in [1.29, 1.82) is 0 Å². The van der Waals surface area contributed by atoms with Crippen LogP contribution in [-0.4, -0.2) is 13.3 Å². The lowest BCUT2D eigenvalue weighted by molar-refractivity contribution is 0.289. The minimum Gasteiger partial charge on any atom is -0.497 e. The number of benzene rings is 4. The molecular formula is C28H25NO3. The molecule has 32 heavy (non-hydrogen) atoms. The molecule has 0 fully saturated rings. The highest BCUT2D eigenvalue weighted by Crippen LogP contribution is 2.26. The normalized spacial score (nSPS) is 10.8. The SMILES string of the molecule is COc1ccc(/N=C/c2ccc(OCc3ccccc3)cc2OCc2ccccc2)cc1. The van der Waals surface area contributed by atoms with Crippen molar-refractivity contribution in [1.82, 2.24) is 0 Å². The van der Waals surface area contributed by atoms with Gasteiger partial charge < -0.3 is 14.2 Å². The third kappa shape index (κ3) is 5.99. The molecule has 4 nitrogen and oxygen atoms in total. The molecule has 0 aliphatic carbocycles. The second-order valence-corrected chi connectivity index (χ2v) is 7.20. The molecule has 0 heterocycles. The third-order valence-electron chi connectivity index (χ3n) is 4.90. The first kappa shape index (κ1) is 21.2. The molecule has 0 radical (unpaired) electrons. The Morgan fingerprint density at radius 3 is 1.88 bits per heavy atom. The van der Waals surface area contributed by atoms with Crippen molar-refractivity contribution in [3.63, 3.8) is 0 Å². The van der Waals surface area contributed by atoms with Crippen molar-refractivity contribution >= 4 is 11.9 Å². The molecular weight excluding hydrogens is 398 g/mol. The summed E-state index contributed by atoms with van der Waals surface area (Å²) < 4.78 is 17.3. The first-order valence-corrected chi connectivity index (χ1v) is 10.5. The van der Waals surface area contributed by atoms with Crippen LogP contribution in [0.2, 0.25) is 0 Å². The van der Waals surface area contributed by atoms with Crippen LogP contribution in [0, 0.1) is 0 Å². The van der Waals surface area contributed by atoms with Crippen LogP contribution >= 0.6 is 0 Å². The molecule has 4 aromatic rings. The van der Waals surface area contributed by atoms with Gasteiger partial charge in [-0.3, -0.25) is 4.99 Å². The molecule has 4 heteroatoms. The molecule has 0 aromatic heterocycles. The summed E-state index contributed by atoms with van der Waals surface area (Å²) in [6, 6.07) is 33.6. The van der Waals surface area contributed by atoms with Gasteiger partial charge in [0.05, 0.1) is 12.8 Å². The quantitative estimate of drug-likeness (QED) is 0.285. The lowest BCUT2D eigenvalue weighted by atomic mass is 10.2. The van der Waals surface area contributed by atoms with Crippen molar-refractivity contribution < 1.29 is 14.2 Å². The highest BCUT2D eigenvalue weighted by Gasteiger charge is 2.07. The average molecular weight is 424 g/mol. The van der Waals surface area contributed by atoms with Crippen LogP contribution in [0.4, 0.5) is 5.69 Å². The van der Waals surface area contributed by atoms with Gasteiger partial charge in [-0.1, -0.05) is 60.7 Å². The highest BCUT2D eigenvalue weighted by atomic mass is 16.5. The average Bonchev–Trinajstić information content (AvgIpc) is 2.87. The maximum atomic E-state index is 6.15. The molecule has 0 atom stereocenters. The van der Waals surface area contributed by atoms with Gasteiger partial charge in [-0.25, -0.2) is 0 Å². The van der Waals surface area contributed by atoms with Gasteiger partial charge >= 0.3 is 0 Å². The van der Waals surface area contributed by atoms with Crippen molar-refractivity contribution in [3.05, 3.63) is 120 Å². The number of rotatable bonds is 9. The van der Waals surface area contributed by atoms with Crippen molar-refractivity contribution in [2.24, 2.45) is 4.99 Å². The van der Waals surface area contributed by atoms with Crippen molar-refractivity contribution in [2.75, 3.05) is 7.11 Å². The summed E-state index contributed by atoms with van der Waals surface area (Å²) in [5.74, 6) is 2.27. The largest absolute Gasteiger partial charge is 0.497 e. The Bertz CT molecular complexity index is 1140. The summed E-state index contributed by atoms with van der Waals surface area (Å²) in [7, 11) is 1.65. The molecule has 0 amide bonds. The topological polar surface area (TPSA) is 40.0 Å². The standard InChI is InChI=1S/C28H25NO3/c1-30-26-16-13-25(14-17-26)29-19-24-12-15-27(31-20-22-8-4-2-5-9-22)18-28(24)32-21-23-10-6-3-7-11-23/h2-19H,20-21H2,1H3/b29-19+. The minimum atomic E-state index is 0.465. The van der Waals surface area contributed by atoms with E-state index in [0.29, 0.717) is 13.2 Å². The number of hydrogen-bond donors (Lipinski definition) is 0. The van der Waals surface area contributed by atoms with E-state index in [0.717, 1.165) is 39.6 Å². The molecule has 0 bridgehead atoms. The molecule has 0 aliphatic rings.